The van der Waals surface area contributed by atoms with Gasteiger partial charge in [0.05, 0.1) is 6.61 Å². The topological polar surface area (TPSA) is 134 Å². The fourth-order valence-corrected chi connectivity index (χ4v) is 3.24. The van der Waals surface area contributed by atoms with E-state index in [1.165, 1.54) is 25.7 Å². The van der Waals surface area contributed by atoms with Crippen LogP contribution in [0.4, 0.5) is 0 Å². The zero-order chi connectivity index (χ0) is 22.5. The molecule has 178 valence electrons. The van der Waals surface area contributed by atoms with Crippen molar-refractivity contribution >= 4 is 13.8 Å². The number of ether oxygens (including phenoxy) is 1. The second-order valence-electron chi connectivity index (χ2n) is 7.53. The molecule has 0 amide bonds. The molecule has 4 N–H and O–H groups in total. The lowest BCUT2D eigenvalue weighted by molar-refractivity contribution is -0.147. The van der Waals surface area contributed by atoms with Gasteiger partial charge in [-0.05, 0) is 38.5 Å². The molecule has 0 bridgehead atoms. The van der Waals surface area contributed by atoms with E-state index in [0.717, 1.165) is 57.8 Å². The third-order valence-corrected chi connectivity index (χ3v) is 5.05. The highest BCUT2D eigenvalue weighted by atomic mass is 31.2. The highest BCUT2D eigenvalue weighted by Crippen LogP contribution is 2.35. The van der Waals surface area contributed by atoms with Crippen molar-refractivity contribution in [3.63, 3.8) is 0 Å². The maximum Gasteiger partial charge on any atom is 0.469 e. The third-order valence-electron chi connectivity index (χ3n) is 4.57. The van der Waals surface area contributed by atoms with E-state index >= 15 is 0 Å². The molecule has 8 nitrogen and oxygen atoms in total. The van der Waals surface area contributed by atoms with Crippen LogP contribution in [-0.2, 0) is 18.6 Å². The number of aliphatic hydroxyl groups is 2. The number of phosphoric ester groups is 1. The van der Waals surface area contributed by atoms with Gasteiger partial charge in [0, 0.05) is 13.0 Å². The number of rotatable bonds is 21. The van der Waals surface area contributed by atoms with Gasteiger partial charge in [-0.3, -0.25) is 9.32 Å². The molecule has 0 saturated heterocycles. The van der Waals surface area contributed by atoms with Crippen LogP contribution in [0.5, 0.6) is 0 Å². The summed E-state index contributed by atoms with van der Waals surface area (Å²) in [5.74, 6) is -0.429. The number of carbonyl (C=O) groups excluding carboxylic acids is 1. The summed E-state index contributed by atoms with van der Waals surface area (Å²) in [5, 5.41) is 18.1. The van der Waals surface area contributed by atoms with Crippen LogP contribution in [0.25, 0.3) is 0 Å². The van der Waals surface area contributed by atoms with Crippen LogP contribution >= 0.6 is 7.82 Å². The molecule has 0 aliphatic carbocycles. The van der Waals surface area contributed by atoms with Gasteiger partial charge in [-0.15, -0.1) is 0 Å². The zero-order valence-electron chi connectivity index (χ0n) is 18.1. The zero-order valence-corrected chi connectivity index (χ0v) is 19.0. The minimum atomic E-state index is -4.63. The van der Waals surface area contributed by atoms with Crippen molar-refractivity contribution in [2.75, 3.05) is 19.8 Å². The van der Waals surface area contributed by atoms with Gasteiger partial charge in [-0.25, -0.2) is 4.57 Å². The average molecular weight is 453 g/mol. The summed E-state index contributed by atoms with van der Waals surface area (Å²) < 4.78 is 19.5. The fourth-order valence-electron chi connectivity index (χ4n) is 2.87. The Hall–Kier alpha value is -0.760. The fraction of sp³-hybridized carbons (Fsp3) is 0.857. The molecular weight excluding hydrogens is 411 g/mol. The van der Waals surface area contributed by atoms with Crippen molar-refractivity contribution in [1.82, 2.24) is 0 Å². The summed E-state index contributed by atoms with van der Waals surface area (Å²) in [6, 6.07) is 0. The van der Waals surface area contributed by atoms with Gasteiger partial charge in [-0.1, -0.05) is 57.1 Å². The largest absolute Gasteiger partial charge is 0.469 e. The number of aliphatic hydroxyl groups excluding tert-OH is 2. The number of phosphoric acid groups is 1. The average Bonchev–Trinajstić information content (AvgIpc) is 2.69. The summed E-state index contributed by atoms with van der Waals surface area (Å²) in [4.78, 5) is 28.6. The Morgan fingerprint density at radius 1 is 0.800 bits per heavy atom. The molecule has 0 aromatic carbocycles. The Balaban J connectivity index is 3.36. The second kappa shape index (κ2) is 20.2. The maximum absolute atomic E-state index is 11.5. The van der Waals surface area contributed by atoms with Crippen LogP contribution in [0.2, 0.25) is 0 Å². The molecule has 0 fully saturated rings. The molecule has 0 aliphatic heterocycles. The van der Waals surface area contributed by atoms with E-state index in [2.05, 4.69) is 16.7 Å². The van der Waals surface area contributed by atoms with Gasteiger partial charge in [0.2, 0.25) is 0 Å². The SMILES string of the molecule is O=C(CCCCCCC/C=C\CCCCCCCCO)OC[C@@H](O)COP(=O)(O)O. The molecule has 0 aromatic heterocycles. The van der Waals surface area contributed by atoms with Gasteiger partial charge in [0.1, 0.15) is 12.7 Å². The molecule has 0 aliphatic rings. The second-order valence-corrected chi connectivity index (χ2v) is 8.77. The van der Waals surface area contributed by atoms with Crippen molar-refractivity contribution in [2.24, 2.45) is 0 Å². The van der Waals surface area contributed by atoms with Crippen LogP contribution in [0.15, 0.2) is 12.2 Å². The number of hydrogen-bond donors (Lipinski definition) is 4. The minimum Gasteiger partial charge on any atom is -0.463 e. The van der Waals surface area contributed by atoms with Crippen molar-refractivity contribution in [1.29, 1.82) is 0 Å². The Labute approximate surface area is 180 Å². The number of unbranched alkanes of at least 4 members (excludes halogenated alkanes) is 11. The lowest BCUT2D eigenvalue weighted by Gasteiger charge is -2.12. The minimum absolute atomic E-state index is 0.270. The van der Waals surface area contributed by atoms with E-state index in [1.54, 1.807) is 0 Å². The first-order chi connectivity index (χ1) is 14.3. The van der Waals surface area contributed by atoms with Crippen molar-refractivity contribution in [3.05, 3.63) is 12.2 Å². The van der Waals surface area contributed by atoms with Gasteiger partial charge < -0.3 is 24.7 Å². The Kier molecular flexibility index (Phi) is 19.6. The maximum atomic E-state index is 11.5. The van der Waals surface area contributed by atoms with Crippen LogP contribution in [-0.4, -0.2) is 51.9 Å². The van der Waals surface area contributed by atoms with Crippen molar-refractivity contribution < 1.29 is 38.6 Å². The summed E-state index contributed by atoms with van der Waals surface area (Å²) in [5.41, 5.74) is 0. The molecule has 9 heteroatoms. The van der Waals surface area contributed by atoms with E-state index in [1.807, 2.05) is 0 Å². The predicted molar refractivity (Wildman–Crippen MR) is 116 cm³/mol. The Morgan fingerprint density at radius 3 is 1.83 bits per heavy atom. The molecule has 0 rings (SSSR count). The molecule has 30 heavy (non-hydrogen) atoms. The van der Waals surface area contributed by atoms with E-state index in [4.69, 9.17) is 19.6 Å². The number of carbonyl (C=O) groups is 1. The third kappa shape index (κ3) is 23.5. The molecule has 0 heterocycles. The predicted octanol–water partition coefficient (Wildman–Crippen LogP) is 4.01. The standard InChI is InChI=1S/C21H41O8P/c22-17-15-13-11-9-7-5-3-1-2-4-6-8-10-12-14-16-21(24)28-18-20(23)19-29-30(25,26)27/h1-2,20,22-23H,3-19H2,(H2,25,26,27)/b2-1-/t20-/m1/s1. The normalized spacial score (nSPS) is 13.1. The molecule has 0 unspecified atom stereocenters. The highest BCUT2D eigenvalue weighted by molar-refractivity contribution is 7.46. The molecular formula is C21H41O8P. The molecule has 0 radical (unpaired) electrons. The molecule has 0 spiro atoms. The monoisotopic (exact) mass is 452 g/mol. The summed E-state index contributed by atoms with van der Waals surface area (Å²) >= 11 is 0. The first-order valence-electron chi connectivity index (χ1n) is 11.1. The molecule has 0 aromatic rings. The van der Waals surface area contributed by atoms with Gasteiger partial charge >= 0.3 is 13.8 Å². The summed E-state index contributed by atoms with van der Waals surface area (Å²) in [6.45, 7) is -0.616. The van der Waals surface area contributed by atoms with Crippen LogP contribution in [0.1, 0.15) is 89.9 Å². The van der Waals surface area contributed by atoms with E-state index in [0.29, 0.717) is 6.61 Å². The van der Waals surface area contributed by atoms with Crippen molar-refractivity contribution in [3.8, 4) is 0 Å². The van der Waals surface area contributed by atoms with Crippen LogP contribution in [0.3, 0.4) is 0 Å². The smallest absolute Gasteiger partial charge is 0.463 e. The number of hydrogen-bond acceptors (Lipinski definition) is 6. The van der Waals surface area contributed by atoms with Crippen LogP contribution < -0.4 is 0 Å². The Morgan fingerprint density at radius 2 is 1.30 bits per heavy atom. The number of esters is 1. The van der Waals surface area contributed by atoms with E-state index < -0.39 is 26.5 Å². The van der Waals surface area contributed by atoms with Gasteiger partial charge in [-0.2, -0.15) is 0 Å². The Bertz CT molecular complexity index is 478. The highest BCUT2D eigenvalue weighted by Gasteiger charge is 2.17. The summed E-state index contributed by atoms with van der Waals surface area (Å²) in [7, 11) is -4.63. The van der Waals surface area contributed by atoms with Crippen molar-refractivity contribution in [2.45, 2.75) is 96.0 Å². The van der Waals surface area contributed by atoms with Gasteiger partial charge in [0.25, 0.3) is 0 Å². The first-order valence-corrected chi connectivity index (χ1v) is 12.7. The lowest BCUT2D eigenvalue weighted by atomic mass is 10.1. The molecule has 1 atom stereocenters. The van der Waals surface area contributed by atoms with E-state index in [-0.39, 0.29) is 13.0 Å². The molecule has 0 saturated carbocycles. The number of allylic oxidation sites excluding steroid dienone is 2. The van der Waals surface area contributed by atoms with Gasteiger partial charge in [0.15, 0.2) is 0 Å². The first kappa shape index (κ1) is 29.2. The lowest BCUT2D eigenvalue weighted by Crippen LogP contribution is -2.23. The van der Waals surface area contributed by atoms with E-state index in [9.17, 15) is 14.5 Å². The van der Waals surface area contributed by atoms with Crippen LogP contribution in [0, 0.1) is 0 Å². The quantitative estimate of drug-likeness (QED) is 0.0888. The summed E-state index contributed by atoms with van der Waals surface area (Å²) in [6.07, 6.45) is 17.8.